The number of carboxylic acid groups (broad SMARTS) is 2. The fraction of sp³-hybridized carbons (Fsp3) is 0.816. The smallest absolute Gasteiger partial charge is 0.326 e. The van der Waals surface area contributed by atoms with Gasteiger partial charge in [0.05, 0.1) is 45.4 Å². The molecule has 0 spiro atoms. The third-order valence-corrected chi connectivity index (χ3v) is 13.3. The molecule has 0 aliphatic carbocycles. The van der Waals surface area contributed by atoms with E-state index in [0.29, 0.717) is 39.3 Å². The molecule has 24 heteroatoms. The monoisotopic (exact) mass is 1060 g/mol. The van der Waals surface area contributed by atoms with Crippen molar-refractivity contribution in [2.75, 3.05) is 64.2 Å². The lowest BCUT2D eigenvalue weighted by molar-refractivity contribution is -0.143. The Labute approximate surface area is 431 Å². The predicted octanol–water partition coefficient (Wildman–Crippen LogP) is 3.73. The molecule has 1 aromatic heterocycles. The number of aromatic amines is 1. The number of sulfone groups is 1. The van der Waals surface area contributed by atoms with Crippen molar-refractivity contribution in [1.82, 2.24) is 41.9 Å². The van der Waals surface area contributed by atoms with E-state index < -0.39 is 75.1 Å². The number of H-pyrrole nitrogens is 1. The molecule has 0 saturated carbocycles. The summed E-state index contributed by atoms with van der Waals surface area (Å²) in [6, 6.07) is -2.89. The molecule has 1 rings (SSSR count). The van der Waals surface area contributed by atoms with E-state index >= 15 is 0 Å². The second kappa shape index (κ2) is 40.4. The van der Waals surface area contributed by atoms with Gasteiger partial charge < -0.3 is 45.7 Å². The van der Waals surface area contributed by atoms with Gasteiger partial charge in [0, 0.05) is 63.5 Å². The van der Waals surface area contributed by atoms with Crippen molar-refractivity contribution in [3.8, 4) is 0 Å². The Kier molecular flexibility index (Phi) is 36.6. The fourth-order valence-electron chi connectivity index (χ4n) is 7.28. The molecule has 418 valence electrons. The van der Waals surface area contributed by atoms with E-state index in [0.717, 1.165) is 44.3 Å². The molecule has 1 heterocycles. The zero-order valence-electron chi connectivity index (χ0n) is 43.6. The van der Waals surface area contributed by atoms with Gasteiger partial charge in [-0.15, -0.1) is 10.2 Å². The molecular formula is C49H86N8O15S. The molecule has 0 fully saturated rings. The average Bonchev–Trinajstić information content (AvgIpc) is 3.85. The van der Waals surface area contributed by atoms with Crippen molar-refractivity contribution in [2.45, 2.75) is 187 Å². The number of rotatable bonds is 48. The zero-order valence-corrected chi connectivity index (χ0v) is 44.5. The number of ketones is 2. The summed E-state index contributed by atoms with van der Waals surface area (Å²) in [6.07, 6.45) is 14.5. The Bertz CT molecular complexity index is 1860. The number of hydrogen-bond donors (Lipinski definition) is 7. The molecule has 2 unspecified atom stereocenters. The minimum Gasteiger partial charge on any atom is -0.480 e. The number of ether oxygens (including phenoxy) is 3. The Morgan fingerprint density at radius 3 is 1.55 bits per heavy atom. The van der Waals surface area contributed by atoms with Crippen molar-refractivity contribution in [3.05, 3.63) is 5.82 Å². The van der Waals surface area contributed by atoms with Crippen LogP contribution < -0.4 is 21.3 Å². The number of nitrogens with zero attached hydrogens (tertiary/aromatic N) is 3. The summed E-state index contributed by atoms with van der Waals surface area (Å²) in [5, 5.41) is 42.9. The van der Waals surface area contributed by atoms with Crippen molar-refractivity contribution in [3.63, 3.8) is 0 Å². The number of tetrazole rings is 1. The number of aromatic nitrogens is 4. The quantitative estimate of drug-likeness (QED) is 0.0457. The van der Waals surface area contributed by atoms with Gasteiger partial charge in [0.1, 0.15) is 29.4 Å². The van der Waals surface area contributed by atoms with Gasteiger partial charge in [-0.05, 0) is 38.5 Å². The average molecular weight is 1060 g/mol. The Balaban J connectivity index is 2.11. The first kappa shape index (κ1) is 66.1. The fourth-order valence-corrected chi connectivity index (χ4v) is 8.64. The second-order valence-electron chi connectivity index (χ2n) is 19.2. The molecule has 0 radical (unpaired) electrons. The molecule has 0 aliphatic rings. The van der Waals surface area contributed by atoms with Crippen molar-refractivity contribution in [2.24, 2.45) is 5.41 Å². The number of aliphatic carboxylic acids is 2. The summed E-state index contributed by atoms with van der Waals surface area (Å²) in [5.41, 5.74) is -0.399. The van der Waals surface area contributed by atoms with Gasteiger partial charge >= 0.3 is 11.9 Å². The maximum atomic E-state index is 12.5. The predicted molar refractivity (Wildman–Crippen MR) is 270 cm³/mol. The minimum atomic E-state index is -3.67. The third-order valence-electron chi connectivity index (χ3n) is 11.6. The lowest BCUT2D eigenvalue weighted by Gasteiger charge is -2.17. The first-order chi connectivity index (χ1) is 34.8. The molecule has 23 nitrogen and oxygen atoms in total. The first-order valence-electron chi connectivity index (χ1n) is 26.1. The first-order valence-corrected chi connectivity index (χ1v) is 27.9. The second-order valence-corrected chi connectivity index (χ2v) is 21.4. The van der Waals surface area contributed by atoms with E-state index in [1.807, 2.05) is 20.8 Å². The number of aryl methyl sites for hydroxylation is 1. The summed E-state index contributed by atoms with van der Waals surface area (Å²) in [7, 11) is -3.67. The van der Waals surface area contributed by atoms with Crippen LogP contribution in [0.4, 0.5) is 0 Å². The Morgan fingerprint density at radius 1 is 0.548 bits per heavy atom. The summed E-state index contributed by atoms with van der Waals surface area (Å²) >= 11 is 0. The number of nitrogens with one attached hydrogen (secondary N) is 5. The summed E-state index contributed by atoms with van der Waals surface area (Å²) in [6.45, 7) is 7.51. The van der Waals surface area contributed by atoms with E-state index in [2.05, 4.69) is 41.9 Å². The van der Waals surface area contributed by atoms with Crippen LogP contribution in [-0.4, -0.2) is 163 Å². The van der Waals surface area contributed by atoms with Gasteiger partial charge in [-0.3, -0.25) is 28.8 Å². The van der Waals surface area contributed by atoms with Gasteiger partial charge in [-0.2, -0.15) is 5.21 Å². The van der Waals surface area contributed by atoms with E-state index in [-0.39, 0.29) is 95.0 Å². The molecule has 4 amide bonds. The number of Topliss-reactive ketones (excluding diaryl/α,β-unsaturated/α-hetero) is 2. The molecule has 1 aromatic rings. The number of carbonyl (C=O) groups is 8. The van der Waals surface area contributed by atoms with Crippen molar-refractivity contribution >= 4 is 57.0 Å². The van der Waals surface area contributed by atoms with Crippen LogP contribution in [-0.2, 0) is 68.8 Å². The van der Waals surface area contributed by atoms with Gasteiger partial charge in [0.15, 0.2) is 15.7 Å². The number of carbonyl (C=O) groups excluding carboxylic acids is 6. The lowest BCUT2D eigenvalue weighted by atomic mass is 9.89. The van der Waals surface area contributed by atoms with Crippen molar-refractivity contribution in [1.29, 1.82) is 0 Å². The van der Waals surface area contributed by atoms with Crippen LogP contribution in [0.2, 0.25) is 0 Å². The molecule has 0 saturated heterocycles. The summed E-state index contributed by atoms with van der Waals surface area (Å²) in [5.74, 6) is -5.46. The SMILES string of the molecule is CC(C)(C)C(=O)CCOCCOCCOCCNC(=O)CCC(NC(=O)CCC(NC(=O)CCCNC(=O)CCCS(=O)(=O)CC(=O)CCCCCCCCCCCCCCCc1nn[nH]n1)C(=O)O)C(=O)O. The van der Waals surface area contributed by atoms with Crippen LogP contribution in [0, 0.1) is 5.41 Å². The van der Waals surface area contributed by atoms with Gasteiger partial charge in [0.2, 0.25) is 23.6 Å². The number of unbranched alkanes of at least 4 members (excludes halogenated alkanes) is 12. The highest BCUT2D eigenvalue weighted by molar-refractivity contribution is 7.92. The Morgan fingerprint density at radius 2 is 1.01 bits per heavy atom. The number of amides is 4. The number of hydrogen-bond acceptors (Lipinski definition) is 16. The highest BCUT2D eigenvalue weighted by atomic mass is 32.2. The van der Waals surface area contributed by atoms with Gasteiger partial charge in [-0.1, -0.05) is 96.6 Å². The maximum Gasteiger partial charge on any atom is 0.326 e. The van der Waals surface area contributed by atoms with Crippen LogP contribution in [0.15, 0.2) is 0 Å². The van der Waals surface area contributed by atoms with Gasteiger partial charge in [0.25, 0.3) is 0 Å². The van der Waals surface area contributed by atoms with E-state index in [1.165, 1.54) is 44.9 Å². The minimum absolute atomic E-state index is 0.0261. The number of carboxylic acids is 2. The topological polar surface area (TPSA) is 341 Å². The largest absolute Gasteiger partial charge is 0.480 e. The molecule has 0 aliphatic heterocycles. The van der Waals surface area contributed by atoms with E-state index in [1.54, 1.807) is 0 Å². The molecule has 73 heavy (non-hydrogen) atoms. The van der Waals surface area contributed by atoms with Crippen LogP contribution in [0.3, 0.4) is 0 Å². The van der Waals surface area contributed by atoms with Crippen LogP contribution >= 0.6 is 0 Å². The van der Waals surface area contributed by atoms with E-state index in [4.69, 9.17) is 14.2 Å². The third kappa shape index (κ3) is 38.3. The summed E-state index contributed by atoms with van der Waals surface area (Å²) < 4.78 is 41.1. The molecular weight excluding hydrogens is 973 g/mol. The maximum absolute atomic E-state index is 12.5. The highest BCUT2D eigenvalue weighted by Crippen LogP contribution is 2.17. The lowest BCUT2D eigenvalue weighted by Crippen LogP contribution is -2.44. The normalized spacial score (nSPS) is 12.4. The molecule has 7 N–H and O–H groups in total. The molecule has 0 aromatic carbocycles. The van der Waals surface area contributed by atoms with Crippen LogP contribution in [0.1, 0.15) is 174 Å². The Hall–Kier alpha value is -4.94. The van der Waals surface area contributed by atoms with Crippen LogP contribution in [0.25, 0.3) is 0 Å². The van der Waals surface area contributed by atoms with Crippen molar-refractivity contribution < 1.29 is 71.2 Å². The zero-order chi connectivity index (χ0) is 54.2. The molecule has 2 atom stereocenters. The summed E-state index contributed by atoms with van der Waals surface area (Å²) in [4.78, 5) is 97.3. The highest BCUT2D eigenvalue weighted by Gasteiger charge is 2.25. The van der Waals surface area contributed by atoms with Crippen LogP contribution in [0.5, 0.6) is 0 Å². The van der Waals surface area contributed by atoms with Gasteiger partial charge in [-0.25, -0.2) is 18.0 Å². The molecule has 0 bridgehead atoms. The van der Waals surface area contributed by atoms with E-state index in [9.17, 15) is 57.0 Å². The standard InChI is InChI=1S/C49H86N8O15S/c1-49(2,3)41(59)27-30-70-32-34-72-35-33-71-31-29-51-44(61)25-23-39(47(64)65)53-46(63)26-24-40(48(66)67)52-45(62)21-17-28-50-43(60)22-18-36-73(68,69)37-38(58)19-15-13-11-9-7-5-4-6-8-10-12-14-16-20-42-54-56-57-55-42/h39-40H,4-37H2,1-3H3,(H,50,60)(H,51,61)(H,52,62)(H,53,63)(H,64,65)(H,66,67)(H,54,55,56,57).